The Kier molecular flexibility index (Phi) is 3.92. The Morgan fingerprint density at radius 1 is 1.54 bits per heavy atom. The van der Waals surface area contributed by atoms with E-state index in [1.807, 2.05) is 0 Å². The third kappa shape index (κ3) is 3.57. The van der Waals surface area contributed by atoms with Gasteiger partial charge in [0.15, 0.2) is 0 Å². The molecule has 0 radical (unpaired) electrons. The lowest BCUT2D eigenvalue weighted by atomic mass is 10.2. The van der Waals surface area contributed by atoms with E-state index < -0.39 is 5.97 Å². The lowest BCUT2D eigenvalue weighted by molar-refractivity contribution is -0.132. The van der Waals surface area contributed by atoms with Crippen molar-refractivity contribution in [2.75, 3.05) is 32.8 Å². The second kappa shape index (κ2) is 4.99. The van der Waals surface area contributed by atoms with Crippen molar-refractivity contribution < 1.29 is 14.6 Å². The standard InChI is InChI=1S/C9H15NO3/c1-8(9(11)12)2-3-10-4-6-13-7-5-10/h2H,3-7H2,1H3,(H,11,12). The lowest BCUT2D eigenvalue weighted by Gasteiger charge is -2.25. The predicted molar refractivity (Wildman–Crippen MR) is 48.7 cm³/mol. The fourth-order valence-corrected chi connectivity index (χ4v) is 1.14. The molecule has 0 aromatic carbocycles. The average molecular weight is 185 g/mol. The van der Waals surface area contributed by atoms with Gasteiger partial charge in [-0.1, -0.05) is 6.08 Å². The molecule has 1 aliphatic rings. The SMILES string of the molecule is CC(=CCN1CCOCC1)C(=O)O. The van der Waals surface area contributed by atoms with Crippen molar-refractivity contribution in [3.63, 3.8) is 0 Å². The summed E-state index contributed by atoms with van der Waals surface area (Å²) in [5.41, 5.74) is 0.409. The molecular formula is C9H15NO3. The third-order valence-corrected chi connectivity index (χ3v) is 2.10. The molecule has 0 spiro atoms. The Bertz CT molecular complexity index is 207. The Morgan fingerprint density at radius 2 is 2.15 bits per heavy atom. The highest BCUT2D eigenvalue weighted by Crippen LogP contribution is 1.99. The topological polar surface area (TPSA) is 49.8 Å². The molecule has 0 aromatic rings. The van der Waals surface area contributed by atoms with E-state index in [4.69, 9.17) is 9.84 Å². The van der Waals surface area contributed by atoms with Gasteiger partial charge in [-0.3, -0.25) is 4.90 Å². The monoisotopic (exact) mass is 185 g/mol. The van der Waals surface area contributed by atoms with E-state index in [2.05, 4.69) is 4.90 Å². The van der Waals surface area contributed by atoms with Crippen molar-refractivity contribution in [3.05, 3.63) is 11.6 Å². The maximum Gasteiger partial charge on any atom is 0.330 e. The van der Waals surface area contributed by atoms with E-state index in [0.717, 1.165) is 26.3 Å². The largest absolute Gasteiger partial charge is 0.478 e. The molecule has 1 N–H and O–H groups in total. The first-order chi connectivity index (χ1) is 6.20. The molecule has 4 nitrogen and oxygen atoms in total. The maximum atomic E-state index is 10.5. The molecule has 1 aliphatic heterocycles. The van der Waals surface area contributed by atoms with Gasteiger partial charge in [0, 0.05) is 25.2 Å². The number of carboxylic acids is 1. The molecular weight excluding hydrogens is 170 g/mol. The molecule has 0 atom stereocenters. The fourth-order valence-electron chi connectivity index (χ4n) is 1.14. The van der Waals surface area contributed by atoms with Crippen molar-refractivity contribution >= 4 is 5.97 Å². The van der Waals surface area contributed by atoms with Gasteiger partial charge in [-0.25, -0.2) is 4.79 Å². The van der Waals surface area contributed by atoms with Gasteiger partial charge in [0.05, 0.1) is 13.2 Å². The number of nitrogens with zero attached hydrogens (tertiary/aromatic N) is 1. The zero-order valence-electron chi connectivity index (χ0n) is 7.82. The average Bonchev–Trinajstić information content (AvgIpc) is 2.15. The number of aliphatic carboxylic acids is 1. The highest BCUT2D eigenvalue weighted by Gasteiger charge is 2.08. The van der Waals surface area contributed by atoms with Gasteiger partial charge in [-0.05, 0) is 6.92 Å². The van der Waals surface area contributed by atoms with Crippen molar-refractivity contribution in [1.29, 1.82) is 0 Å². The Morgan fingerprint density at radius 3 is 2.69 bits per heavy atom. The minimum atomic E-state index is -0.840. The summed E-state index contributed by atoms with van der Waals surface area (Å²) in [6.07, 6.45) is 1.74. The van der Waals surface area contributed by atoms with Crippen LogP contribution in [0.4, 0.5) is 0 Å². The van der Waals surface area contributed by atoms with Crippen LogP contribution in [-0.4, -0.2) is 48.8 Å². The molecule has 1 saturated heterocycles. The van der Waals surface area contributed by atoms with Gasteiger partial charge in [0.2, 0.25) is 0 Å². The molecule has 1 fully saturated rings. The minimum Gasteiger partial charge on any atom is -0.478 e. The van der Waals surface area contributed by atoms with E-state index in [1.54, 1.807) is 13.0 Å². The summed E-state index contributed by atoms with van der Waals surface area (Å²) in [6, 6.07) is 0. The second-order valence-electron chi connectivity index (χ2n) is 3.11. The van der Waals surface area contributed by atoms with E-state index in [9.17, 15) is 4.79 Å². The first kappa shape index (κ1) is 10.2. The highest BCUT2D eigenvalue weighted by molar-refractivity contribution is 5.85. The second-order valence-corrected chi connectivity index (χ2v) is 3.11. The van der Waals surface area contributed by atoms with Crippen LogP contribution in [0.2, 0.25) is 0 Å². The molecule has 0 aromatic heterocycles. The summed E-state index contributed by atoms with van der Waals surface area (Å²) >= 11 is 0. The van der Waals surface area contributed by atoms with Crippen LogP contribution in [0, 0.1) is 0 Å². The number of rotatable bonds is 3. The van der Waals surface area contributed by atoms with Crippen molar-refractivity contribution in [3.8, 4) is 0 Å². The van der Waals surface area contributed by atoms with Crippen LogP contribution >= 0.6 is 0 Å². The van der Waals surface area contributed by atoms with Crippen LogP contribution in [0.5, 0.6) is 0 Å². The van der Waals surface area contributed by atoms with Crippen LogP contribution < -0.4 is 0 Å². The van der Waals surface area contributed by atoms with Gasteiger partial charge in [0.1, 0.15) is 0 Å². The van der Waals surface area contributed by atoms with Gasteiger partial charge in [-0.2, -0.15) is 0 Å². The molecule has 74 valence electrons. The quantitative estimate of drug-likeness (QED) is 0.644. The number of hydrogen-bond acceptors (Lipinski definition) is 3. The molecule has 0 bridgehead atoms. The summed E-state index contributed by atoms with van der Waals surface area (Å²) in [5.74, 6) is -0.840. The highest BCUT2D eigenvalue weighted by atomic mass is 16.5. The van der Waals surface area contributed by atoms with E-state index in [1.165, 1.54) is 0 Å². The molecule has 1 rings (SSSR count). The lowest BCUT2D eigenvalue weighted by Crippen LogP contribution is -2.36. The summed E-state index contributed by atoms with van der Waals surface area (Å²) < 4.78 is 5.18. The van der Waals surface area contributed by atoms with Gasteiger partial charge in [0.25, 0.3) is 0 Å². The predicted octanol–water partition coefficient (Wildman–Crippen LogP) is 0.349. The molecule has 0 unspecified atom stereocenters. The molecule has 13 heavy (non-hydrogen) atoms. The molecule has 1 heterocycles. The zero-order chi connectivity index (χ0) is 9.68. The smallest absolute Gasteiger partial charge is 0.330 e. The normalized spacial score (nSPS) is 20.2. The van der Waals surface area contributed by atoms with Gasteiger partial charge < -0.3 is 9.84 Å². The Hall–Kier alpha value is -0.870. The summed E-state index contributed by atoms with van der Waals surface area (Å²) in [5, 5.41) is 8.60. The number of ether oxygens (including phenoxy) is 1. The summed E-state index contributed by atoms with van der Waals surface area (Å²) in [6.45, 7) is 5.61. The van der Waals surface area contributed by atoms with Crippen LogP contribution in [0.3, 0.4) is 0 Å². The minimum absolute atomic E-state index is 0.409. The third-order valence-electron chi connectivity index (χ3n) is 2.10. The summed E-state index contributed by atoms with van der Waals surface area (Å²) in [7, 11) is 0. The number of morpholine rings is 1. The first-order valence-electron chi connectivity index (χ1n) is 4.40. The first-order valence-corrected chi connectivity index (χ1v) is 4.40. The van der Waals surface area contributed by atoms with Crippen LogP contribution in [0.25, 0.3) is 0 Å². The van der Waals surface area contributed by atoms with Crippen molar-refractivity contribution in [2.45, 2.75) is 6.92 Å². The molecule has 0 aliphatic carbocycles. The van der Waals surface area contributed by atoms with E-state index in [-0.39, 0.29) is 0 Å². The Labute approximate surface area is 77.8 Å². The van der Waals surface area contributed by atoms with Crippen LogP contribution in [-0.2, 0) is 9.53 Å². The van der Waals surface area contributed by atoms with E-state index >= 15 is 0 Å². The van der Waals surface area contributed by atoms with E-state index in [0.29, 0.717) is 12.1 Å². The van der Waals surface area contributed by atoms with Crippen LogP contribution in [0.1, 0.15) is 6.92 Å². The molecule has 4 heteroatoms. The van der Waals surface area contributed by atoms with Crippen molar-refractivity contribution in [2.24, 2.45) is 0 Å². The summed E-state index contributed by atoms with van der Waals surface area (Å²) in [4.78, 5) is 12.6. The van der Waals surface area contributed by atoms with Crippen LogP contribution in [0.15, 0.2) is 11.6 Å². The molecule has 0 amide bonds. The number of hydrogen-bond donors (Lipinski definition) is 1. The van der Waals surface area contributed by atoms with Gasteiger partial charge >= 0.3 is 5.97 Å². The van der Waals surface area contributed by atoms with Gasteiger partial charge in [-0.15, -0.1) is 0 Å². The number of carbonyl (C=O) groups is 1. The number of carboxylic acid groups (broad SMARTS) is 1. The maximum absolute atomic E-state index is 10.5. The fraction of sp³-hybridized carbons (Fsp3) is 0.667. The molecule has 0 saturated carbocycles. The Balaban J connectivity index is 2.31. The van der Waals surface area contributed by atoms with Crippen molar-refractivity contribution in [1.82, 2.24) is 4.90 Å². The zero-order valence-corrected chi connectivity index (χ0v) is 7.82.